The zero-order chi connectivity index (χ0) is 25.4. The number of hydrogen-bond donors (Lipinski definition) is 2. The molecule has 1 heterocycles. The molecule has 0 aromatic heterocycles. The smallest absolute Gasteiger partial charge is 0.408 e. The summed E-state index contributed by atoms with van der Waals surface area (Å²) in [6.07, 6.45) is -0.566. The van der Waals surface area contributed by atoms with Crippen molar-refractivity contribution in [2.24, 2.45) is 5.92 Å². The van der Waals surface area contributed by atoms with Gasteiger partial charge in [0, 0.05) is 12.5 Å². The minimum absolute atomic E-state index is 0.0421. The van der Waals surface area contributed by atoms with Gasteiger partial charge in [-0.2, -0.15) is 0 Å². The van der Waals surface area contributed by atoms with E-state index in [-0.39, 0.29) is 25.4 Å². The van der Waals surface area contributed by atoms with E-state index >= 15 is 0 Å². The molecule has 0 spiro atoms. The Morgan fingerprint density at radius 1 is 1.06 bits per heavy atom. The second kappa shape index (κ2) is 9.28. The van der Waals surface area contributed by atoms with Gasteiger partial charge in [0.05, 0.1) is 6.54 Å². The Bertz CT molecular complexity index is 1100. The molecule has 1 unspecified atom stereocenters. The van der Waals surface area contributed by atoms with Gasteiger partial charge in [-0.3, -0.25) is 9.59 Å². The van der Waals surface area contributed by atoms with Crippen LogP contribution < -0.4 is 5.32 Å². The molecule has 2 aliphatic rings. The number of hydrogen-bond acceptors (Lipinski definition) is 4. The summed E-state index contributed by atoms with van der Waals surface area (Å²) in [7, 11) is 0. The first-order valence-electron chi connectivity index (χ1n) is 11.7. The molecule has 0 saturated carbocycles. The second-order valence-electron chi connectivity index (χ2n) is 9.08. The molecule has 4 rings (SSSR count). The van der Waals surface area contributed by atoms with Crippen LogP contribution in [0.2, 0.25) is 0 Å². The average Bonchev–Trinajstić information content (AvgIpc) is 3.35. The summed E-state index contributed by atoms with van der Waals surface area (Å²) in [4.78, 5) is 38.1. The SMILES string of the molecule is CCC(CC)(NC(=O)OCC1c2ccccc2-c2ccccc21)C(=O)N1CC(C(=O)O)C(F)(F)C1. The predicted octanol–water partition coefficient (Wildman–Crippen LogP) is 4.26. The Kier molecular flexibility index (Phi) is 6.53. The lowest BCUT2D eigenvalue weighted by Crippen LogP contribution is -2.59. The van der Waals surface area contributed by atoms with Crippen molar-refractivity contribution >= 4 is 18.0 Å². The van der Waals surface area contributed by atoms with Gasteiger partial charge in [0.2, 0.25) is 5.91 Å². The minimum Gasteiger partial charge on any atom is -0.481 e. The Labute approximate surface area is 202 Å². The van der Waals surface area contributed by atoms with Crippen LogP contribution >= 0.6 is 0 Å². The Morgan fingerprint density at radius 3 is 2.09 bits per heavy atom. The van der Waals surface area contributed by atoms with Gasteiger partial charge < -0.3 is 20.1 Å². The van der Waals surface area contributed by atoms with Crippen LogP contribution in [-0.2, 0) is 14.3 Å². The molecular weight excluding hydrogens is 458 g/mol. The molecule has 35 heavy (non-hydrogen) atoms. The maximum atomic E-state index is 14.2. The number of ether oxygens (including phenoxy) is 1. The van der Waals surface area contributed by atoms with E-state index in [9.17, 15) is 23.2 Å². The number of carboxylic acid groups (broad SMARTS) is 1. The molecular formula is C26H28F2N2O5. The molecule has 1 saturated heterocycles. The number of amides is 2. The van der Waals surface area contributed by atoms with E-state index in [0.717, 1.165) is 27.2 Å². The van der Waals surface area contributed by atoms with Crippen molar-refractivity contribution in [2.45, 2.75) is 44.1 Å². The van der Waals surface area contributed by atoms with E-state index in [0.29, 0.717) is 0 Å². The Hall–Kier alpha value is -3.49. The van der Waals surface area contributed by atoms with Gasteiger partial charge in [0.25, 0.3) is 5.92 Å². The number of carbonyl (C=O) groups is 3. The van der Waals surface area contributed by atoms with Crippen molar-refractivity contribution in [3.05, 3.63) is 59.7 Å². The monoisotopic (exact) mass is 486 g/mol. The number of nitrogens with zero attached hydrogens (tertiary/aromatic N) is 1. The van der Waals surface area contributed by atoms with E-state index in [1.165, 1.54) is 0 Å². The van der Waals surface area contributed by atoms with Crippen LogP contribution in [0, 0.1) is 5.92 Å². The van der Waals surface area contributed by atoms with Crippen molar-refractivity contribution in [1.29, 1.82) is 0 Å². The second-order valence-corrected chi connectivity index (χ2v) is 9.08. The molecule has 0 radical (unpaired) electrons. The van der Waals surface area contributed by atoms with Crippen LogP contribution in [0.1, 0.15) is 43.7 Å². The highest BCUT2D eigenvalue weighted by Crippen LogP contribution is 2.44. The van der Waals surface area contributed by atoms with Gasteiger partial charge in [-0.25, -0.2) is 13.6 Å². The van der Waals surface area contributed by atoms with Gasteiger partial charge in [-0.05, 0) is 35.1 Å². The minimum atomic E-state index is -3.54. The maximum absolute atomic E-state index is 14.2. The number of likely N-dealkylation sites (tertiary alicyclic amines) is 1. The van der Waals surface area contributed by atoms with Crippen molar-refractivity contribution in [3.8, 4) is 11.1 Å². The normalized spacial score (nSPS) is 18.6. The number of carbonyl (C=O) groups excluding carboxylic acids is 2. The topological polar surface area (TPSA) is 95.9 Å². The van der Waals surface area contributed by atoms with E-state index in [1.807, 2.05) is 48.5 Å². The summed E-state index contributed by atoms with van der Waals surface area (Å²) in [5.41, 5.74) is 2.74. The zero-order valence-electron chi connectivity index (χ0n) is 19.6. The molecule has 1 fully saturated rings. The quantitative estimate of drug-likeness (QED) is 0.610. The molecule has 0 bridgehead atoms. The summed E-state index contributed by atoms with van der Waals surface area (Å²) in [5.74, 6) is -8.09. The summed E-state index contributed by atoms with van der Waals surface area (Å²) in [6, 6.07) is 15.7. The summed E-state index contributed by atoms with van der Waals surface area (Å²) in [6.45, 7) is 1.74. The standard InChI is InChI=1S/C26H28F2N2O5/c1-3-25(4-2,23(33)30-13-21(22(31)32)26(27,28)15-30)29-24(34)35-14-20-18-11-7-5-9-16(18)17-10-6-8-12-19(17)20/h5-12,20-21H,3-4,13-15H2,1-2H3,(H,29,34)(H,31,32). The molecule has 2 aromatic rings. The van der Waals surface area contributed by atoms with Gasteiger partial charge in [0.1, 0.15) is 18.1 Å². The van der Waals surface area contributed by atoms with Crippen molar-refractivity contribution in [2.75, 3.05) is 19.7 Å². The molecule has 1 atom stereocenters. The van der Waals surface area contributed by atoms with Crippen molar-refractivity contribution in [1.82, 2.24) is 10.2 Å². The first-order chi connectivity index (χ1) is 16.6. The molecule has 2 N–H and O–H groups in total. The highest BCUT2D eigenvalue weighted by atomic mass is 19.3. The average molecular weight is 487 g/mol. The van der Waals surface area contributed by atoms with Crippen LogP contribution in [0.5, 0.6) is 0 Å². The summed E-state index contributed by atoms with van der Waals surface area (Å²) in [5, 5.41) is 11.7. The van der Waals surface area contributed by atoms with E-state index in [4.69, 9.17) is 9.84 Å². The third-order valence-electron chi connectivity index (χ3n) is 7.20. The fraction of sp³-hybridized carbons (Fsp3) is 0.423. The van der Waals surface area contributed by atoms with Crippen molar-refractivity contribution < 1.29 is 33.0 Å². The van der Waals surface area contributed by atoms with Crippen LogP contribution in [-0.4, -0.2) is 59.1 Å². The third-order valence-corrected chi connectivity index (χ3v) is 7.20. The number of alkyl carbamates (subject to hydrolysis) is 1. The molecule has 186 valence electrons. The van der Waals surface area contributed by atoms with Crippen LogP contribution in [0.25, 0.3) is 11.1 Å². The van der Waals surface area contributed by atoms with Crippen LogP contribution in [0.4, 0.5) is 13.6 Å². The number of alkyl halides is 2. The molecule has 2 amide bonds. The number of halogens is 2. The Balaban J connectivity index is 1.47. The fourth-order valence-corrected chi connectivity index (χ4v) is 5.11. The first-order valence-corrected chi connectivity index (χ1v) is 11.7. The molecule has 9 heteroatoms. The van der Waals surface area contributed by atoms with Gasteiger partial charge in [0.15, 0.2) is 0 Å². The summed E-state index contributed by atoms with van der Waals surface area (Å²) >= 11 is 0. The Morgan fingerprint density at radius 2 is 1.60 bits per heavy atom. The summed E-state index contributed by atoms with van der Waals surface area (Å²) < 4.78 is 33.9. The first kappa shape index (κ1) is 24.6. The number of benzene rings is 2. The highest BCUT2D eigenvalue weighted by molar-refractivity contribution is 5.91. The number of nitrogens with one attached hydrogen (secondary N) is 1. The van der Waals surface area contributed by atoms with Gasteiger partial charge in [-0.15, -0.1) is 0 Å². The number of aliphatic carboxylic acids is 1. The fourth-order valence-electron chi connectivity index (χ4n) is 5.11. The van der Waals surface area contributed by atoms with E-state index < -0.39 is 48.4 Å². The molecule has 1 aliphatic heterocycles. The lowest BCUT2D eigenvalue weighted by atomic mass is 9.91. The highest BCUT2D eigenvalue weighted by Gasteiger charge is 2.56. The molecule has 2 aromatic carbocycles. The molecule has 1 aliphatic carbocycles. The maximum Gasteiger partial charge on any atom is 0.408 e. The number of rotatable bonds is 7. The lowest BCUT2D eigenvalue weighted by molar-refractivity contribution is -0.151. The third kappa shape index (κ3) is 4.35. The van der Waals surface area contributed by atoms with Gasteiger partial charge in [-0.1, -0.05) is 62.4 Å². The van der Waals surface area contributed by atoms with Crippen LogP contribution in [0.15, 0.2) is 48.5 Å². The zero-order valence-corrected chi connectivity index (χ0v) is 19.6. The predicted molar refractivity (Wildman–Crippen MR) is 124 cm³/mol. The lowest BCUT2D eigenvalue weighted by Gasteiger charge is -2.34. The van der Waals surface area contributed by atoms with E-state index in [2.05, 4.69) is 5.32 Å². The van der Waals surface area contributed by atoms with Gasteiger partial charge >= 0.3 is 12.1 Å². The number of carboxylic acids is 1. The molecule has 7 nitrogen and oxygen atoms in total. The van der Waals surface area contributed by atoms with Crippen LogP contribution in [0.3, 0.4) is 0 Å². The van der Waals surface area contributed by atoms with Crippen molar-refractivity contribution in [3.63, 3.8) is 0 Å². The van der Waals surface area contributed by atoms with E-state index in [1.54, 1.807) is 13.8 Å². The number of fused-ring (bicyclic) bond motifs is 3. The largest absolute Gasteiger partial charge is 0.481 e.